The van der Waals surface area contributed by atoms with Crippen molar-refractivity contribution >= 4 is 33.8 Å². The molecule has 2 N–H and O–H groups in total. The van der Waals surface area contributed by atoms with Crippen LogP contribution in [0.2, 0.25) is 0 Å². The van der Waals surface area contributed by atoms with Gasteiger partial charge in [-0.15, -0.1) is 0 Å². The Morgan fingerprint density at radius 2 is 1.89 bits per heavy atom. The smallest absolute Gasteiger partial charge is 0.325 e. The summed E-state index contributed by atoms with van der Waals surface area (Å²) in [6, 6.07) is 6.87. The first-order valence-electron chi connectivity index (χ1n) is 9.59. The molecular weight excluding hydrogens is 410 g/mol. The molecular formula is C20H26BrN3O3. The highest BCUT2D eigenvalue weighted by atomic mass is 79.9. The van der Waals surface area contributed by atoms with E-state index in [2.05, 4.69) is 26.6 Å². The Labute approximate surface area is 168 Å². The van der Waals surface area contributed by atoms with Gasteiger partial charge < -0.3 is 10.6 Å². The summed E-state index contributed by atoms with van der Waals surface area (Å²) in [5.41, 5.74) is -0.486. The Morgan fingerprint density at radius 3 is 2.56 bits per heavy atom. The highest BCUT2D eigenvalue weighted by Gasteiger charge is 2.49. The lowest BCUT2D eigenvalue weighted by Gasteiger charge is -2.23. The van der Waals surface area contributed by atoms with Crippen molar-refractivity contribution in [2.24, 2.45) is 0 Å². The molecule has 3 rings (SSSR count). The van der Waals surface area contributed by atoms with Gasteiger partial charge in [0.15, 0.2) is 0 Å². The van der Waals surface area contributed by atoms with Gasteiger partial charge in [0, 0.05) is 10.5 Å². The Morgan fingerprint density at radius 1 is 1.22 bits per heavy atom. The lowest BCUT2D eigenvalue weighted by molar-refractivity contribution is -0.135. The quantitative estimate of drug-likeness (QED) is 0.710. The van der Waals surface area contributed by atoms with Crippen LogP contribution < -0.4 is 10.6 Å². The number of amides is 4. The molecule has 0 unspecified atom stereocenters. The highest BCUT2D eigenvalue weighted by molar-refractivity contribution is 9.10. The molecule has 4 amide bonds. The van der Waals surface area contributed by atoms with E-state index in [1.54, 1.807) is 19.1 Å². The zero-order valence-electron chi connectivity index (χ0n) is 15.6. The fraction of sp³-hybridized carbons (Fsp3) is 0.550. The van der Waals surface area contributed by atoms with Crippen molar-refractivity contribution < 1.29 is 14.4 Å². The van der Waals surface area contributed by atoms with E-state index in [1.165, 1.54) is 19.3 Å². The summed E-state index contributed by atoms with van der Waals surface area (Å²) in [6.45, 7) is 1.42. The van der Waals surface area contributed by atoms with Crippen molar-refractivity contribution in [3.8, 4) is 0 Å². The highest BCUT2D eigenvalue weighted by Crippen LogP contribution is 2.30. The molecule has 1 heterocycles. The molecule has 1 aliphatic heterocycles. The second-order valence-corrected chi connectivity index (χ2v) is 8.48. The first kappa shape index (κ1) is 19.9. The summed E-state index contributed by atoms with van der Waals surface area (Å²) in [5, 5.41) is 5.75. The topological polar surface area (TPSA) is 78.5 Å². The number of halogens is 1. The summed E-state index contributed by atoms with van der Waals surface area (Å²) < 4.78 is 0.823. The Hall–Kier alpha value is -1.89. The third-order valence-corrected chi connectivity index (χ3v) is 5.94. The van der Waals surface area contributed by atoms with Gasteiger partial charge in [-0.2, -0.15) is 0 Å². The molecule has 1 aromatic rings. The summed E-state index contributed by atoms with van der Waals surface area (Å²) >= 11 is 3.39. The average molecular weight is 436 g/mol. The minimum Gasteiger partial charge on any atom is -0.352 e. The van der Waals surface area contributed by atoms with Crippen LogP contribution in [0.4, 0.5) is 4.79 Å². The lowest BCUT2D eigenvalue weighted by Crippen LogP contribution is -2.45. The van der Waals surface area contributed by atoms with Crippen molar-refractivity contribution in [1.29, 1.82) is 0 Å². The Balaban J connectivity index is 1.65. The Bertz CT molecular complexity index is 731. The van der Waals surface area contributed by atoms with Gasteiger partial charge in [0.25, 0.3) is 5.91 Å². The van der Waals surface area contributed by atoms with Gasteiger partial charge in [0.1, 0.15) is 12.1 Å². The number of hydrogen-bond acceptors (Lipinski definition) is 3. The van der Waals surface area contributed by atoms with Crippen LogP contribution in [0.1, 0.15) is 57.4 Å². The molecule has 27 heavy (non-hydrogen) atoms. The number of imide groups is 1. The number of nitrogens with zero attached hydrogens (tertiary/aromatic N) is 1. The summed E-state index contributed by atoms with van der Waals surface area (Å²) in [6.07, 6.45) is 7.79. The van der Waals surface area contributed by atoms with E-state index in [-0.39, 0.29) is 18.5 Å². The summed E-state index contributed by atoms with van der Waals surface area (Å²) in [5.74, 6) is -0.680. The molecule has 1 saturated carbocycles. The molecule has 6 nitrogen and oxygen atoms in total. The van der Waals surface area contributed by atoms with Crippen molar-refractivity contribution in [2.75, 3.05) is 6.54 Å². The van der Waals surface area contributed by atoms with Crippen molar-refractivity contribution in [3.63, 3.8) is 0 Å². The molecule has 146 valence electrons. The van der Waals surface area contributed by atoms with Crippen LogP contribution in [-0.2, 0) is 15.1 Å². The van der Waals surface area contributed by atoms with Crippen molar-refractivity contribution in [3.05, 3.63) is 34.3 Å². The predicted octanol–water partition coefficient (Wildman–Crippen LogP) is 3.45. The maximum absolute atomic E-state index is 12.9. The minimum atomic E-state index is -1.17. The molecule has 0 bridgehead atoms. The number of urea groups is 1. The van der Waals surface area contributed by atoms with E-state index < -0.39 is 17.5 Å². The average Bonchev–Trinajstić information content (AvgIpc) is 2.81. The molecule has 0 radical (unpaired) electrons. The first-order chi connectivity index (χ1) is 12.9. The molecule has 2 fully saturated rings. The monoisotopic (exact) mass is 435 g/mol. The number of hydrogen-bond donors (Lipinski definition) is 2. The van der Waals surface area contributed by atoms with Gasteiger partial charge in [-0.25, -0.2) is 4.79 Å². The lowest BCUT2D eigenvalue weighted by atomic mass is 9.92. The van der Waals surface area contributed by atoms with E-state index >= 15 is 0 Å². The molecule has 0 spiro atoms. The van der Waals surface area contributed by atoms with Gasteiger partial charge in [0.2, 0.25) is 5.91 Å². The second kappa shape index (κ2) is 8.42. The maximum Gasteiger partial charge on any atom is 0.325 e. The van der Waals surface area contributed by atoms with E-state index in [0.29, 0.717) is 5.56 Å². The fourth-order valence-corrected chi connectivity index (χ4v) is 4.25. The SMILES string of the molecule is C[C@]1(c2cccc(Br)c2)NC(=O)N(CC(=O)NC2CCCCCCC2)C1=O. The van der Waals surface area contributed by atoms with Gasteiger partial charge in [-0.05, 0) is 37.5 Å². The second-order valence-electron chi connectivity index (χ2n) is 7.57. The molecule has 1 saturated heterocycles. The molecule has 2 aliphatic rings. The van der Waals surface area contributed by atoms with E-state index in [0.717, 1.165) is 35.1 Å². The summed E-state index contributed by atoms with van der Waals surface area (Å²) in [7, 11) is 0. The van der Waals surface area contributed by atoms with E-state index in [1.807, 2.05) is 12.1 Å². The van der Waals surface area contributed by atoms with Crippen LogP contribution >= 0.6 is 15.9 Å². The fourth-order valence-electron chi connectivity index (χ4n) is 3.85. The van der Waals surface area contributed by atoms with Crippen molar-refractivity contribution in [2.45, 2.75) is 63.5 Å². The number of carbonyl (C=O) groups excluding carboxylic acids is 3. The normalized spacial score (nSPS) is 24.3. The summed E-state index contributed by atoms with van der Waals surface area (Å²) in [4.78, 5) is 38.8. The third-order valence-electron chi connectivity index (χ3n) is 5.45. The van der Waals surface area contributed by atoms with Gasteiger partial charge in [-0.1, -0.05) is 60.2 Å². The van der Waals surface area contributed by atoms with Crippen LogP contribution in [0.3, 0.4) is 0 Å². The number of benzene rings is 1. The number of rotatable bonds is 4. The third kappa shape index (κ3) is 4.51. The van der Waals surface area contributed by atoms with Crippen LogP contribution in [0.5, 0.6) is 0 Å². The Kier molecular flexibility index (Phi) is 6.19. The van der Waals surface area contributed by atoms with E-state index in [4.69, 9.17) is 0 Å². The number of nitrogens with one attached hydrogen (secondary N) is 2. The van der Waals surface area contributed by atoms with Crippen molar-refractivity contribution in [1.82, 2.24) is 15.5 Å². The van der Waals surface area contributed by atoms with Gasteiger partial charge in [-0.3, -0.25) is 14.5 Å². The maximum atomic E-state index is 12.9. The zero-order chi connectivity index (χ0) is 19.4. The largest absolute Gasteiger partial charge is 0.352 e. The molecule has 0 aromatic heterocycles. The van der Waals surface area contributed by atoms with Crippen LogP contribution in [-0.4, -0.2) is 35.3 Å². The molecule has 7 heteroatoms. The standard InChI is InChI=1S/C20H26BrN3O3/c1-20(14-8-7-9-15(21)12-14)18(26)24(19(27)23-20)13-17(25)22-16-10-5-3-2-4-6-11-16/h7-9,12,16H,2-6,10-11,13H2,1H3,(H,22,25)(H,23,27)/t20-/m1/s1. The molecule has 1 atom stereocenters. The van der Waals surface area contributed by atoms with Crippen LogP contribution in [0.25, 0.3) is 0 Å². The van der Waals surface area contributed by atoms with Gasteiger partial charge >= 0.3 is 6.03 Å². The first-order valence-corrected chi connectivity index (χ1v) is 10.4. The minimum absolute atomic E-state index is 0.134. The number of carbonyl (C=O) groups is 3. The molecule has 1 aliphatic carbocycles. The van der Waals surface area contributed by atoms with Crippen LogP contribution in [0.15, 0.2) is 28.7 Å². The van der Waals surface area contributed by atoms with Crippen LogP contribution in [0, 0.1) is 0 Å². The zero-order valence-corrected chi connectivity index (χ0v) is 17.2. The van der Waals surface area contributed by atoms with E-state index in [9.17, 15) is 14.4 Å². The van der Waals surface area contributed by atoms with Gasteiger partial charge in [0.05, 0.1) is 0 Å². The predicted molar refractivity (Wildman–Crippen MR) is 106 cm³/mol. The molecule has 1 aromatic carbocycles.